The standard InChI is InChI=1S/C11H9ClF3NO/c12-7-1-2-8(6-3-10(17)16-5-6)9(4-7)11(13,14)15/h1-2,4,6H,3,5H2,(H,16,17). The van der Waals surface area contributed by atoms with Gasteiger partial charge in [-0.25, -0.2) is 0 Å². The third-order valence-electron chi connectivity index (χ3n) is 2.74. The molecular formula is C11H9ClF3NO. The fraction of sp³-hybridized carbons (Fsp3) is 0.364. The number of rotatable bonds is 1. The number of hydrogen-bond acceptors (Lipinski definition) is 1. The van der Waals surface area contributed by atoms with Gasteiger partial charge in [-0.15, -0.1) is 0 Å². The van der Waals surface area contributed by atoms with Crippen LogP contribution >= 0.6 is 11.6 Å². The lowest BCUT2D eigenvalue weighted by Crippen LogP contribution is -2.15. The molecule has 0 spiro atoms. The minimum absolute atomic E-state index is 0.0401. The summed E-state index contributed by atoms with van der Waals surface area (Å²) in [6.45, 7) is 0.240. The van der Waals surface area contributed by atoms with Gasteiger partial charge >= 0.3 is 6.18 Å². The first-order chi connectivity index (χ1) is 7.88. The van der Waals surface area contributed by atoms with E-state index >= 15 is 0 Å². The molecule has 1 aromatic rings. The average Bonchev–Trinajstić information content (AvgIpc) is 2.63. The van der Waals surface area contributed by atoms with E-state index in [9.17, 15) is 18.0 Å². The van der Waals surface area contributed by atoms with Crippen molar-refractivity contribution in [2.45, 2.75) is 18.5 Å². The summed E-state index contributed by atoms with van der Waals surface area (Å²) in [7, 11) is 0. The van der Waals surface area contributed by atoms with Gasteiger partial charge in [-0.2, -0.15) is 13.2 Å². The molecule has 1 saturated heterocycles. The maximum Gasteiger partial charge on any atom is 0.416 e. The van der Waals surface area contributed by atoms with Gasteiger partial charge in [-0.1, -0.05) is 17.7 Å². The summed E-state index contributed by atoms with van der Waals surface area (Å²) in [5, 5.41) is 2.56. The number of hydrogen-bond donors (Lipinski definition) is 1. The molecular weight excluding hydrogens is 255 g/mol. The summed E-state index contributed by atoms with van der Waals surface area (Å²) < 4.78 is 38.4. The van der Waals surface area contributed by atoms with Crippen LogP contribution in [0.15, 0.2) is 18.2 Å². The number of carbonyl (C=O) groups excluding carboxylic acids is 1. The molecule has 2 rings (SSSR count). The Kier molecular flexibility index (Phi) is 3.03. The van der Waals surface area contributed by atoms with Crippen molar-refractivity contribution < 1.29 is 18.0 Å². The molecule has 1 aliphatic heterocycles. The van der Waals surface area contributed by atoms with Gasteiger partial charge in [-0.3, -0.25) is 4.79 Å². The van der Waals surface area contributed by atoms with Crippen LogP contribution in [0.1, 0.15) is 23.5 Å². The van der Waals surface area contributed by atoms with Crippen LogP contribution in [-0.4, -0.2) is 12.5 Å². The van der Waals surface area contributed by atoms with Crippen molar-refractivity contribution in [3.63, 3.8) is 0 Å². The molecule has 1 aliphatic rings. The molecule has 6 heteroatoms. The topological polar surface area (TPSA) is 29.1 Å². The van der Waals surface area contributed by atoms with Gasteiger partial charge in [0.1, 0.15) is 0 Å². The summed E-state index contributed by atoms with van der Waals surface area (Å²) in [6, 6.07) is 3.66. The molecule has 1 heterocycles. The van der Waals surface area contributed by atoms with Crippen LogP contribution in [0.4, 0.5) is 13.2 Å². The highest BCUT2D eigenvalue weighted by molar-refractivity contribution is 6.30. The summed E-state index contributed by atoms with van der Waals surface area (Å²) in [5.74, 6) is -0.658. The summed E-state index contributed by atoms with van der Waals surface area (Å²) in [4.78, 5) is 11.0. The lowest BCUT2D eigenvalue weighted by Gasteiger charge is -2.16. The predicted molar refractivity (Wildman–Crippen MR) is 56.8 cm³/mol. The molecule has 0 bridgehead atoms. The first-order valence-corrected chi connectivity index (χ1v) is 5.39. The van der Waals surface area contributed by atoms with Crippen molar-refractivity contribution in [1.29, 1.82) is 0 Å². The molecule has 1 fully saturated rings. The highest BCUT2D eigenvalue weighted by Gasteiger charge is 2.37. The Bertz CT molecular complexity index is 459. The molecule has 1 unspecified atom stereocenters. The Morgan fingerprint density at radius 3 is 2.59 bits per heavy atom. The maximum absolute atomic E-state index is 12.8. The van der Waals surface area contributed by atoms with Gasteiger partial charge in [0.05, 0.1) is 5.56 Å². The number of halogens is 4. The van der Waals surface area contributed by atoms with Crippen LogP contribution in [0.2, 0.25) is 5.02 Å². The Hall–Kier alpha value is -1.23. The number of benzene rings is 1. The van der Waals surface area contributed by atoms with Crippen molar-refractivity contribution in [2.75, 3.05) is 6.54 Å². The molecule has 0 saturated carbocycles. The van der Waals surface area contributed by atoms with E-state index in [1.54, 1.807) is 0 Å². The third kappa shape index (κ3) is 2.54. The van der Waals surface area contributed by atoms with Crippen LogP contribution in [0.5, 0.6) is 0 Å². The van der Waals surface area contributed by atoms with Crippen LogP contribution in [0.25, 0.3) is 0 Å². The zero-order chi connectivity index (χ0) is 12.6. The largest absolute Gasteiger partial charge is 0.416 e. The fourth-order valence-corrected chi connectivity index (χ4v) is 2.13. The summed E-state index contributed by atoms with van der Waals surface area (Å²) in [6.07, 6.45) is -4.36. The second-order valence-corrected chi connectivity index (χ2v) is 4.37. The second-order valence-electron chi connectivity index (χ2n) is 3.93. The second kappa shape index (κ2) is 4.22. The van der Waals surface area contributed by atoms with Crippen molar-refractivity contribution in [2.24, 2.45) is 0 Å². The van der Waals surface area contributed by atoms with Crippen LogP contribution in [-0.2, 0) is 11.0 Å². The summed E-state index contributed by atoms with van der Waals surface area (Å²) in [5.41, 5.74) is -0.633. The Labute approximate surface area is 101 Å². The van der Waals surface area contributed by atoms with Gasteiger partial charge in [0.15, 0.2) is 0 Å². The van der Waals surface area contributed by atoms with Crippen molar-refractivity contribution in [3.05, 3.63) is 34.3 Å². The van der Waals surface area contributed by atoms with E-state index in [0.717, 1.165) is 6.07 Å². The number of amides is 1. The predicted octanol–water partition coefficient (Wildman–Crippen LogP) is 2.96. The van der Waals surface area contributed by atoms with Crippen LogP contribution in [0, 0.1) is 0 Å². The molecule has 92 valence electrons. The zero-order valence-electron chi connectivity index (χ0n) is 8.64. The number of alkyl halides is 3. The van der Waals surface area contributed by atoms with Crippen molar-refractivity contribution in [3.8, 4) is 0 Å². The number of carbonyl (C=O) groups is 1. The molecule has 1 N–H and O–H groups in total. The molecule has 17 heavy (non-hydrogen) atoms. The Balaban J connectivity index is 2.43. The molecule has 1 aromatic carbocycles. The SMILES string of the molecule is O=C1CC(c2ccc(Cl)cc2C(F)(F)F)CN1. The normalized spacial score (nSPS) is 20.5. The minimum atomic E-state index is -4.45. The van der Waals surface area contributed by atoms with Crippen molar-refractivity contribution in [1.82, 2.24) is 5.32 Å². The maximum atomic E-state index is 12.8. The minimum Gasteiger partial charge on any atom is -0.355 e. The molecule has 0 aliphatic carbocycles. The first-order valence-electron chi connectivity index (χ1n) is 5.01. The Morgan fingerprint density at radius 2 is 2.06 bits per heavy atom. The smallest absolute Gasteiger partial charge is 0.355 e. The number of nitrogens with one attached hydrogen (secondary N) is 1. The Morgan fingerprint density at radius 1 is 1.35 bits per heavy atom. The lowest BCUT2D eigenvalue weighted by atomic mass is 9.93. The fourth-order valence-electron chi connectivity index (χ4n) is 1.96. The van der Waals surface area contributed by atoms with E-state index in [1.807, 2.05) is 0 Å². The quantitative estimate of drug-likeness (QED) is 0.829. The van der Waals surface area contributed by atoms with E-state index in [-0.39, 0.29) is 29.5 Å². The third-order valence-corrected chi connectivity index (χ3v) is 2.97. The van der Waals surface area contributed by atoms with Crippen LogP contribution in [0.3, 0.4) is 0 Å². The highest BCUT2D eigenvalue weighted by atomic mass is 35.5. The van der Waals surface area contributed by atoms with Gasteiger partial charge < -0.3 is 5.32 Å². The van der Waals surface area contributed by atoms with Gasteiger partial charge in [0.2, 0.25) is 5.91 Å². The molecule has 0 radical (unpaired) electrons. The average molecular weight is 264 g/mol. The monoisotopic (exact) mass is 263 g/mol. The lowest BCUT2D eigenvalue weighted by molar-refractivity contribution is -0.138. The van der Waals surface area contributed by atoms with E-state index < -0.39 is 17.7 Å². The molecule has 2 nitrogen and oxygen atoms in total. The van der Waals surface area contributed by atoms with E-state index in [4.69, 9.17) is 11.6 Å². The molecule has 1 atom stereocenters. The van der Waals surface area contributed by atoms with E-state index in [1.165, 1.54) is 12.1 Å². The highest BCUT2D eigenvalue weighted by Crippen LogP contribution is 2.38. The summed E-state index contributed by atoms with van der Waals surface area (Å²) >= 11 is 5.58. The van der Waals surface area contributed by atoms with Crippen LogP contribution < -0.4 is 5.32 Å². The molecule has 0 aromatic heterocycles. The van der Waals surface area contributed by atoms with Gasteiger partial charge in [0, 0.05) is 23.9 Å². The van der Waals surface area contributed by atoms with Crippen molar-refractivity contribution >= 4 is 17.5 Å². The molecule has 1 amide bonds. The van der Waals surface area contributed by atoms with Gasteiger partial charge in [0.25, 0.3) is 0 Å². The van der Waals surface area contributed by atoms with Gasteiger partial charge in [-0.05, 0) is 17.7 Å². The first kappa shape index (κ1) is 12.2. The zero-order valence-corrected chi connectivity index (χ0v) is 9.40. The van der Waals surface area contributed by atoms with E-state index in [0.29, 0.717) is 0 Å². The van der Waals surface area contributed by atoms with E-state index in [2.05, 4.69) is 5.32 Å².